The van der Waals surface area contributed by atoms with Crippen molar-refractivity contribution in [1.82, 2.24) is 15.5 Å². The molecule has 2 rings (SSSR count). The van der Waals surface area contributed by atoms with Gasteiger partial charge in [-0.25, -0.2) is 0 Å². The van der Waals surface area contributed by atoms with E-state index in [0.29, 0.717) is 11.9 Å². The number of nitrogens with zero attached hydrogens (tertiary/aromatic N) is 2. The molecule has 21 heavy (non-hydrogen) atoms. The third kappa shape index (κ3) is 4.86. The first-order valence-electron chi connectivity index (χ1n) is 7.56. The van der Waals surface area contributed by atoms with Crippen molar-refractivity contribution in [3.05, 3.63) is 41.8 Å². The standard InChI is InChI=1S/C16H24N4O/c1-4-10-17-13(3)15-19-20-16(21-15)18-12(2)11-14-8-6-5-7-9-14/h5-9,12-13,17H,4,10-11H2,1-3H3,(H,18,20). The molecule has 5 nitrogen and oxygen atoms in total. The van der Waals surface area contributed by atoms with E-state index in [1.54, 1.807) is 0 Å². The molecular weight excluding hydrogens is 264 g/mol. The van der Waals surface area contributed by atoms with Gasteiger partial charge >= 0.3 is 6.01 Å². The van der Waals surface area contributed by atoms with Gasteiger partial charge in [0, 0.05) is 6.04 Å². The van der Waals surface area contributed by atoms with Gasteiger partial charge in [-0.05, 0) is 38.8 Å². The quantitative estimate of drug-likeness (QED) is 0.781. The number of anilines is 1. The van der Waals surface area contributed by atoms with Crippen LogP contribution in [0.2, 0.25) is 0 Å². The minimum absolute atomic E-state index is 0.0810. The summed E-state index contributed by atoms with van der Waals surface area (Å²) >= 11 is 0. The maximum Gasteiger partial charge on any atom is 0.315 e. The summed E-state index contributed by atoms with van der Waals surface area (Å²) in [6, 6.07) is 11.2. The maximum atomic E-state index is 5.66. The van der Waals surface area contributed by atoms with Gasteiger partial charge in [0.1, 0.15) is 0 Å². The minimum Gasteiger partial charge on any atom is -0.406 e. The SMILES string of the molecule is CCCNC(C)c1nnc(NC(C)Cc2ccccc2)o1. The predicted octanol–water partition coefficient (Wildman–Crippen LogP) is 3.17. The molecule has 5 heteroatoms. The minimum atomic E-state index is 0.0810. The molecule has 0 saturated carbocycles. The highest BCUT2D eigenvalue weighted by Crippen LogP contribution is 2.15. The maximum absolute atomic E-state index is 5.66. The zero-order valence-electron chi connectivity index (χ0n) is 13.0. The van der Waals surface area contributed by atoms with Crippen LogP contribution in [0.15, 0.2) is 34.7 Å². The predicted molar refractivity (Wildman–Crippen MR) is 84.2 cm³/mol. The van der Waals surface area contributed by atoms with E-state index in [-0.39, 0.29) is 12.1 Å². The van der Waals surface area contributed by atoms with E-state index in [1.807, 2.05) is 25.1 Å². The first-order valence-corrected chi connectivity index (χ1v) is 7.56. The van der Waals surface area contributed by atoms with Crippen LogP contribution in [0.1, 0.15) is 44.7 Å². The number of hydrogen-bond acceptors (Lipinski definition) is 5. The first-order chi connectivity index (χ1) is 10.2. The van der Waals surface area contributed by atoms with Crippen LogP contribution >= 0.6 is 0 Å². The lowest BCUT2D eigenvalue weighted by atomic mass is 10.1. The fourth-order valence-electron chi connectivity index (χ4n) is 2.15. The molecule has 0 saturated heterocycles. The Morgan fingerprint density at radius 1 is 1.14 bits per heavy atom. The van der Waals surface area contributed by atoms with Crippen LogP contribution in [0.3, 0.4) is 0 Å². The lowest BCUT2D eigenvalue weighted by molar-refractivity contribution is 0.421. The Hall–Kier alpha value is -1.88. The van der Waals surface area contributed by atoms with E-state index in [0.717, 1.165) is 19.4 Å². The molecule has 0 aliphatic carbocycles. The monoisotopic (exact) mass is 288 g/mol. The molecule has 0 radical (unpaired) electrons. The molecule has 114 valence electrons. The molecule has 1 aromatic heterocycles. The molecule has 0 fully saturated rings. The van der Waals surface area contributed by atoms with E-state index in [4.69, 9.17) is 4.42 Å². The summed E-state index contributed by atoms with van der Waals surface area (Å²) in [6.45, 7) is 7.21. The fraction of sp³-hybridized carbons (Fsp3) is 0.500. The number of hydrogen-bond donors (Lipinski definition) is 2. The zero-order valence-corrected chi connectivity index (χ0v) is 13.0. The Balaban J connectivity index is 1.87. The fourth-order valence-corrected chi connectivity index (χ4v) is 2.15. The van der Waals surface area contributed by atoms with Gasteiger partial charge in [0.05, 0.1) is 6.04 Å². The molecule has 0 spiro atoms. The lowest BCUT2D eigenvalue weighted by Crippen LogP contribution is -2.19. The summed E-state index contributed by atoms with van der Waals surface area (Å²) in [5.41, 5.74) is 1.29. The molecule has 1 heterocycles. The van der Waals surface area contributed by atoms with Gasteiger partial charge in [-0.2, -0.15) is 0 Å². The average molecular weight is 288 g/mol. The number of rotatable bonds is 8. The molecule has 2 aromatic rings. The molecule has 0 aliphatic rings. The highest BCUT2D eigenvalue weighted by molar-refractivity contribution is 5.23. The van der Waals surface area contributed by atoms with Crippen LogP contribution in [0.5, 0.6) is 0 Å². The van der Waals surface area contributed by atoms with E-state index in [2.05, 4.69) is 46.8 Å². The molecule has 2 unspecified atom stereocenters. The number of aromatic nitrogens is 2. The molecule has 0 bridgehead atoms. The van der Waals surface area contributed by atoms with Crippen molar-refractivity contribution in [2.75, 3.05) is 11.9 Å². The van der Waals surface area contributed by atoms with Gasteiger partial charge in [0.2, 0.25) is 5.89 Å². The van der Waals surface area contributed by atoms with Crippen LogP contribution < -0.4 is 10.6 Å². The summed E-state index contributed by atoms with van der Waals surface area (Å²) < 4.78 is 5.66. The van der Waals surface area contributed by atoms with Crippen molar-refractivity contribution >= 4 is 6.01 Å². The molecule has 0 aliphatic heterocycles. The summed E-state index contributed by atoms with van der Waals surface area (Å²) in [5.74, 6) is 0.623. The van der Waals surface area contributed by atoms with Gasteiger partial charge < -0.3 is 15.1 Å². The first kappa shape index (κ1) is 15.5. The summed E-state index contributed by atoms with van der Waals surface area (Å²) in [5, 5.41) is 14.7. The van der Waals surface area contributed by atoms with E-state index >= 15 is 0 Å². The highest BCUT2D eigenvalue weighted by Gasteiger charge is 2.14. The molecule has 0 amide bonds. The van der Waals surface area contributed by atoms with Crippen LogP contribution in [-0.4, -0.2) is 22.8 Å². The Morgan fingerprint density at radius 2 is 1.90 bits per heavy atom. The van der Waals surface area contributed by atoms with E-state index in [1.165, 1.54) is 5.56 Å². The van der Waals surface area contributed by atoms with Crippen molar-refractivity contribution in [2.45, 2.75) is 45.7 Å². The third-order valence-electron chi connectivity index (χ3n) is 3.27. The smallest absolute Gasteiger partial charge is 0.315 e. The Labute approximate surface area is 126 Å². The Bertz CT molecular complexity index is 526. The molecule has 2 N–H and O–H groups in total. The second kappa shape index (κ2) is 7.78. The Kier molecular flexibility index (Phi) is 5.75. The zero-order chi connectivity index (χ0) is 15.1. The summed E-state index contributed by atoms with van der Waals surface area (Å²) in [6.07, 6.45) is 2.00. The van der Waals surface area contributed by atoms with Gasteiger partial charge in [-0.1, -0.05) is 42.4 Å². The highest BCUT2D eigenvalue weighted by atomic mass is 16.4. The van der Waals surface area contributed by atoms with Crippen LogP contribution in [0.4, 0.5) is 6.01 Å². The normalized spacial score (nSPS) is 13.9. The van der Waals surface area contributed by atoms with Crippen molar-refractivity contribution in [3.63, 3.8) is 0 Å². The van der Waals surface area contributed by atoms with Crippen LogP contribution in [-0.2, 0) is 6.42 Å². The largest absolute Gasteiger partial charge is 0.406 e. The van der Waals surface area contributed by atoms with Crippen LogP contribution in [0.25, 0.3) is 0 Å². The van der Waals surface area contributed by atoms with Gasteiger partial charge in [-0.3, -0.25) is 0 Å². The van der Waals surface area contributed by atoms with Gasteiger partial charge in [0.15, 0.2) is 0 Å². The van der Waals surface area contributed by atoms with Crippen molar-refractivity contribution < 1.29 is 4.42 Å². The second-order valence-corrected chi connectivity index (χ2v) is 5.36. The average Bonchev–Trinajstić information content (AvgIpc) is 2.94. The Morgan fingerprint density at radius 3 is 2.62 bits per heavy atom. The van der Waals surface area contributed by atoms with Crippen LogP contribution in [0, 0.1) is 0 Å². The topological polar surface area (TPSA) is 63.0 Å². The number of nitrogens with one attached hydrogen (secondary N) is 2. The summed E-state index contributed by atoms with van der Waals surface area (Å²) in [4.78, 5) is 0. The van der Waals surface area contributed by atoms with Gasteiger partial charge in [0.25, 0.3) is 0 Å². The molecule has 1 aromatic carbocycles. The summed E-state index contributed by atoms with van der Waals surface area (Å²) in [7, 11) is 0. The van der Waals surface area contributed by atoms with Crippen molar-refractivity contribution in [3.8, 4) is 0 Å². The lowest BCUT2D eigenvalue weighted by Gasteiger charge is -2.12. The molecule has 2 atom stereocenters. The number of benzene rings is 1. The second-order valence-electron chi connectivity index (χ2n) is 5.36. The van der Waals surface area contributed by atoms with E-state index < -0.39 is 0 Å². The van der Waals surface area contributed by atoms with Crippen molar-refractivity contribution in [1.29, 1.82) is 0 Å². The van der Waals surface area contributed by atoms with Crippen molar-refractivity contribution in [2.24, 2.45) is 0 Å². The van der Waals surface area contributed by atoms with E-state index in [9.17, 15) is 0 Å². The van der Waals surface area contributed by atoms with Gasteiger partial charge in [-0.15, -0.1) is 5.10 Å². The molecular formula is C16H24N4O. The third-order valence-corrected chi connectivity index (χ3v) is 3.27.